The molecule has 6 nitrogen and oxygen atoms in total. The lowest BCUT2D eigenvalue weighted by Gasteiger charge is -2.18. The van der Waals surface area contributed by atoms with Crippen LogP contribution >= 0.6 is 0 Å². The van der Waals surface area contributed by atoms with Gasteiger partial charge in [-0.1, -0.05) is 215 Å². The number of rotatable bonds is 41. The minimum Gasteiger partial charge on any atom is -0.462 e. The van der Waals surface area contributed by atoms with Gasteiger partial charge >= 0.3 is 17.9 Å². The molecule has 0 aliphatic rings. The molecule has 0 spiro atoms. The van der Waals surface area contributed by atoms with E-state index >= 15 is 0 Å². The smallest absolute Gasteiger partial charge is 0.306 e. The summed E-state index contributed by atoms with van der Waals surface area (Å²) in [5.74, 6) is 1.58. The predicted molar refractivity (Wildman–Crippen MR) is 229 cm³/mol. The van der Waals surface area contributed by atoms with Gasteiger partial charge < -0.3 is 14.2 Å². The Labute approximate surface area is 336 Å². The van der Waals surface area contributed by atoms with E-state index in [-0.39, 0.29) is 31.1 Å². The zero-order valence-corrected chi connectivity index (χ0v) is 37.0. The van der Waals surface area contributed by atoms with Crippen molar-refractivity contribution in [3.63, 3.8) is 0 Å². The van der Waals surface area contributed by atoms with Crippen molar-refractivity contribution in [1.29, 1.82) is 0 Å². The number of hydrogen-bond acceptors (Lipinski definition) is 6. The van der Waals surface area contributed by atoms with Crippen molar-refractivity contribution in [2.45, 2.75) is 260 Å². The highest BCUT2D eigenvalue weighted by Crippen LogP contribution is 2.17. The maximum absolute atomic E-state index is 12.7. The van der Waals surface area contributed by atoms with Crippen LogP contribution in [0.15, 0.2) is 0 Å². The Morgan fingerprint density at radius 2 is 0.648 bits per heavy atom. The number of ether oxygens (including phenoxy) is 3. The van der Waals surface area contributed by atoms with Crippen molar-refractivity contribution in [3.05, 3.63) is 0 Å². The minimum atomic E-state index is -0.762. The van der Waals surface area contributed by atoms with Gasteiger partial charge in [0.25, 0.3) is 0 Å². The molecule has 0 saturated carbocycles. The normalized spacial score (nSPS) is 12.7. The van der Waals surface area contributed by atoms with Gasteiger partial charge in [0.05, 0.1) is 0 Å². The lowest BCUT2D eigenvalue weighted by atomic mass is 10.00. The quantitative estimate of drug-likeness (QED) is 0.0350. The van der Waals surface area contributed by atoms with Crippen molar-refractivity contribution < 1.29 is 28.6 Å². The molecule has 0 radical (unpaired) electrons. The van der Waals surface area contributed by atoms with Gasteiger partial charge in [0.1, 0.15) is 13.2 Å². The molecule has 0 saturated heterocycles. The monoisotopic (exact) mass is 765 g/mol. The Hall–Kier alpha value is -1.59. The van der Waals surface area contributed by atoms with E-state index in [4.69, 9.17) is 14.2 Å². The van der Waals surface area contributed by atoms with Crippen LogP contribution in [0.2, 0.25) is 0 Å². The van der Waals surface area contributed by atoms with Gasteiger partial charge in [-0.05, 0) is 37.0 Å². The van der Waals surface area contributed by atoms with E-state index in [1.807, 2.05) is 0 Å². The summed E-state index contributed by atoms with van der Waals surface area (Å²) >= 11 is 0. The number of esters is 3. The van der Waals surface area contributed by atoms with Crippen LogP contribution in [0.5, 0.6) is 0 Å². The first-order valence-electron chi connectivity index (χ1n) is 23.6. The molecule has 54 heavy (non-hydrogen) atoms. The van der Waals surface area contributed by atoms with Crippen LogP contribution in [0.4, 0.5) is 0 Å². The fourth-order valence-electron chi connectivity index (χ4n) is 7.02. The predicted octanol–water partition coefficient (Wildman–Crippen LogP) is 14.8. The average molecular weight is 765 g/mol. The lowest BCUT2D eigenvalue weighted by Crippen LogP contribution is -2.30. The molecule has 6 heteroatoms. The summed E-state index contributed by atoms with van der Waals surface area (Å²) in [7, 11) is 0. The van der Waals surface area contributed by atoms with Crippen molar-refractivity contribution >= 4 is 17.9 Å². The molecule has 1 unspecified atom stereocenters. The van der Waals surface area contributed by atoms with Crippen LogP contribution in [0.3, 0.4) is 0 Å². The second kappa shape index (κ2) is 39.6. The molecule has 0 heterocycles. The molecule has 0 N–H and O–H groups in total. The summed E-state index contributed by atoms with van der Waals surface area (Å²) in [6.07, 6.45) is 36.6. The summed E-state index contributed by atoms with van der Waals surface area (Å²) < 4.78 is 16.7. The van der Waals surface area contributed by atoms with Gasteiger partial charge in [-0.25, -0.2) is 0 Å². The second-order valence-corrected chi connectivity index (χ2v) is 17.6. The van der Waals surface area contributed by atoms with Gasteiger partial charge in [-0.3, -0.25) is 14.4 Å². The van der Waals surface area contributed by atoms with Gasteiger partial charge in [-0.15, -0.1) is 0 Å². The third-order valence-electron chi connectivity index (χ3n) is 11.0. The summed E-state index contributed by atoms with van der Waals surface area (Å²) in [4.78, 5) is 37.8. The van der Waals surface area contributed by atoms with Crippen LogP contribution < -0.4 is 0 Å². The summed E-state index contributed by atoms with van der Waals surface area (Å²) in [5.41, 5.74) is 0. The Kier molecular flexibility index (Phi) is 38.5. The fourth-order valence-corrected chi connectivity index (χ4v) is 7.02. The van der Waals surface area contributed by atoms with E-state index in [1.54, 1.807) is 0 Å². The van der Waals surface area contributed by atoms with Crippen molar-refractivity contribution in [2.75, 3.05) is 13.2 Å². The van der Waals surface area contributed by atoms with Crippen LogP contribution in [0.1, 0.15) is 253 Å². The van der Waals surface area contributed by atoms with E-state index in [1.165, 1.54) is 135 Å². The molecule has 0 aromatic rings. The summed E-state index contributed by atoms with van der Waals surface area (Å²) in [6.45, 7) is 13.6. The number of carbonyl (C=O) groups excluding carboxylic acids is 3. The SMILES string of the molecule is CCC(C)CCCCCCCCC(=O)OC[C@H](COC(=O)CCCCCCCCCCCCCC(C)C)OC(=O)CCCCCCCCCCCC(C)C. The summed E-state index contributed by atoms with van der Waals surface area (Å²) in [5, 5.41) is 0. The highest BCUT2D eigenvalue weighted by molar-refractivity contribution is 5.71. The maximum Gasteiger partial charge on any atom is 0.306 e. The molecular formula is C48H92O6. The first kappa shape index (κ1) is 52.4. The topological polar surface area (TPSA) is 78.9 Å². The maximum atomic E-state index is 12.7. The number of carbonyl (C=O) groups is 3. The second-order valence-electron chi connectivity index (χ2n) is 17.6. The highest BCUT2D eigenvalue weighted by atomic mass is 16.6. The zero-order valence-electron chi connectivity index (χ0n) is 37.0. The highest BCUT2D eigenvalue weighted by Gasteiger charge is 2.19. The van der Waals surface area contributed by atoms with Crippen LogP contribution in [-0.2, 0) is 28.6 Å². The average Bonchev–Trinajstić information content (AvgIpc) is 3.14. The molecule has 0 amide bonds. The Balaban J connectivity index is 4.34. The largest absolute Gasteiger partial charge is 0.462 e. The molecule has 0 aromatic heterocycles. The number of hydrogen-bond donors (Lipinski definition) is 0. The first-order chi connectivity index (χ1) is 26.1. The standard InChI is InChI=1S/C48H92O6/c1-7-44(6)36-30-24-20-21-26-32-38-47(50)53-41-45(54-48(51)39-33-27-19-15-11-13-17-23-29-35-43(4)5)40-52-46(49)37-31-25-18-14-10-8-9-12-16-22-28-34-42(2)3/h42-45H,7-41H2,1-6H3/t44?,45-/m0/s1. The van der Waals surface area contributed by atoms with Crippen molar-refractivity contribution in [3.8, 4) is 0 Å². The molecule has 0 aromatic carbocycles. The molecule has 0 bridgehead atoms. The van der Waals surface area contributed by atoms with Gasteiger partial charge in [0.2, 0.25) is 0 Å². The van der Waals surface area contributed by atoms with E-state index in [9.17, 15) is 14.4 Å². The van der Waals surface area contributed by atoms with Crippen LogP contribution in [-0.4, -0.2) is 37.2 Å². The Bertz CT molecular complexity index is 839. The summed E-state index contributed by atoms with van der Waals surface area (Å²) in [6, 6.07) is 0. The van der Waals surface area contributed by atoms with Gasteiger partial charge in [0.15, 0.2) is 6.10 Å². The van der Waals surface area contributed by atoms with Crippen molar-refractivity contribution in [2.24, 2.45) is 17.8 Å². The third-order valence-corrected chi connectivity index (χ3v) is 11.0. The van der Waals surface area contributed by atoms with E-state index in [0.717, 1.165) is 75.5 Å². The minimum absolute atomic E-state index is 0.0663. The zero-order chi connectivity index (χ0) is 39.9. The Morgan fingerprint density at radius 1 is 0.370 bits per heavy atom. The molecule has 0 aliphatic carbocycles. The van der Waals surface area contributed by atoms with Gasteiger partial charge in [-0.2, -0.15) is 0 Å². The molecule has 0 rings (SSSR count). The van der Waals surface area contributed by atoms with E-state index in [0.29, 0.717) is 19.3 Å². The number of unbranched alkanes of at least 4 members (excludes halogenated alkanes) is 23. The van der Waals surface area contributed by atoms with E-state index < -0.39 is 6.10 Å². The molecule has 0 fully saturated rings. The molecule has 2 atom stereocenters. The third kappa shape index (κ3) is 40.1. The lowest BCUT2D eigenvalue weighted by molar-refractivity contribution is -0.167. The Morgan fingerprint density at radius 3 is 0.963 bits per heavy atom. The van der Waals surface area contributed by atoms with Gasteiger partial charge in [0, 0.05) is 19.3 Å². The first-order valence-corrected chi connectivity index (χ1v) is 23.6. The molecule has 320 valence electrons. The fraction of sp³-hybridized carbons (Fsp3) is 0.938. The van der Waals surface area contributed by atoms with Crippen LogP contribution in [0, 0.1) is 17.8 Å². The molecular weight excluding hydrogens is 673 g/mol. The van der Waals surface area contributed by atoms with Crippen molar-refractivity contribution in [1.82, 2.24) is 0 Å². The molecule has 0 aliphatic heterocycles. The van der Waals surface area contributed by atoms with E-state index in [2.05, 4.69) is 41.5 Å². The van der Waals surface area contributed by atoms with Crippen LogP contribution in [0.25, 0.3) is 0 Å².